The van der Waals surface area contributed by atoms with Crippen molar-refractivity contribution in [2.75, 3.05) is 32.9 Å². The summed E-state index contributed by atoms with van der Waals surface area (Å²) in [6.07, 6.45) is 0.269. The summed E-state index contributed by atoms with van der Waals surface area (Å²) in [6, 6.07) is 5.24. The number of thiophene rings is 2. The van der Waals surface area contributed by atoms with Gasteiger partial charge in [-0.1, -0.05) is 0 Å². The molecule has 1 amide bonds. The summed E-state index contributed by atoms with van der Waals surface area (Å²) in [5.41, 5.74) is 0.508. The predicted octanol–water partition coefficient (Wildman–Crippen LogP) is 2.87. The molecule has 1 fully saturated rings. The van der Waals surface area contributed by atoms with Crippen LogP contribution in [-0.4, -0.2) is 55.5 Å². The van der Waals surface area contributed by atoms with Crippen molar-refractivity contribution in [3.8, 4) is 0 Å². The van der Waals surface area contributed by atoms with Crippen LogP contribution >= 0.6 is 22.7 Å². The number of carbonyl (C=O) groups excluding carboxylic acids is 3. The maximum absolute atomic E-state index is 12.3. The fraction of sp³-hybridized carbons (Fsp3) is 0.421. The van der Waals surface area contributed by atoms with Gasteiger partial charge in [0.25, 0.3) is 0 Å². The zero-order valence-electron chi connectivity index (χ0n) is 15.3. The Morgan fingerprint density at radius 1 is 1.15 bits per heavy atom. The van der Waals surface area contributed by atoms with Gasteiger partial charge in [-0.3, -0.25) is 9.59 Å². The predicted molar refractivity (Wildman–Crippen MR) is 104 cm³/mol. The minimum absolute atomic E-state index is 0.0360. The van der Waals surface area contributed by atoms with E-state index in [0.717, 1.165) is 14.6 Å². The van der Waals surface area contributed by atoms with Crippen molar-refractivity contribution in [3.63, 3.8) is 0 Å². The number of carbonyl (C=O) groups is 3. The third-order valence-corrected chi connectivity index (χ3v) is 6.31. The van der Waals surface area contributed by atoms with E-state index in [9.17, 15) is 14.4 Å². The maximum Gasteiger partial charge on any atom is 0.339 e. The molecule has 1 saturated heterocycles. The number of nitrogens with zero attached hydrogens (tertiary/aromatic N) is 1. The minimum atomic E-state index is -0.482. The molecule has 0 radical (unpaired) electrons. The van der Waals surface area contributed by atoms with Gasteiger partial charge in [-0.05, 0) is 32.0 Å². The molecule has 3 heterocycles. The second-order valence-corrected chi connectivity index (χ2v) is 8.89. The number of aryl methyl sites for hydroxylation is 2. The van der Waals surface area contributed by atoms with E-state index in [1.54, 1.807) is 23.1 Å². The summed E-state index contributed by atoms with van der Waals surface area (Å²) in [6.45, 7) is 5.81. The number of Topliss-reactive ketones (excluding diaryl/α,β-unsaturated/α-hetero) is 1. The van der Waals surface area contributed by atoms with Gasteiger partial charge in [0.2, 0.25) is 11.7 Å². The summed E-state index contributed by atoms with van der Waals surface area (Å²) < 4.78 is 10.4. The Kier molecular flexibility index (Phi) is 6.41. The molecule has 0 saturated carbocycles. The minimum Gasteiger partial charge on any atom is -0.454 e. The maximum atomic E-state index is 12.3. The second-order valence-electron chi connectivity index (χ2n) is 6.26. The molecule has 0 atom stereocenters. The molecule has 1 aliphatic rings. The van der Waals surface area contributed by atoms with Gasteiger partial charge in [0.1, 0.15) is 0 Å². The average Bonchev–Trinajstić information content (AvgIpc) is 3.26. The first-order chi connectivity index (χ1) is 12.9. The molecule has 0 unspecified atom stereocenters. The first-order valence-electron chi connectivity index (χ1n) is 8.65. The molecular formula is C19H21NO5S2. The van der Waals surface area contributed by atoms with Crippen molar-refractivity contribution in [2.24, 2.45) is 0 Å². The molecule has 0 spiro atoms. The van der Waals surface area contributed by atoms with Crippen molar-refractivity contribution < 1.29 is 23.9 Å². The highest BCUT2D eigenvalue weighted by Crippen LogP contribution is 2.22. The molecule has 2 aromatic rings. The molecule has 27 heavy (non-hydrogen) atoms. The number of rotatable bonds is 6. The van der Waals surface area contributed by atoms with Crippen LogP contribution in [0, 0.1) is 13.8 Å². The molecule has 0 aromatic carbocycles. The van der Waals surface area contributed by atoms with E-state index in [0.29, 0.717) is 36.7 Å². The highest BCUT2D eigenvalue weighted by molar-refractivity contribution is 7.14. The van der Waals surface area contributed by atoms with Gasteiger partial charge in [0.15, 0.2) is 6.61 Å². The highest BCUT2D eigenvalue weighted by atomic mass is 32.1. The lowest BCUT2D eigenvalue weighted by atomic mass is 10.2. The van der Waals surface area contributed by atoms with Crippen LogP contribution in [-0.2, 0) is 20.7 Å². The van der Waals surface area contributed by atoms with E-state index in [2.05, 4.69) is 0 Å². The first kappa shape index (κ1) is 19.7. The number of hydrogen-bond acceptors (Lipinski definition) is 7. The van der Waals surface area contributed by atoms with Crippen LogP contribution in [0.25, 0.3) is 0 Å². The third-order valence-electron chi connectivity index (χ3n) is 4.22. The van der Waals surface area contributed by atoms with Crippen LogP contribution in [0.1, 0.15) is 34.7 Å². The standard InChI is InChI=1S/C19H21NO5S2/c1-12-9-15(13(2)26-12)19(23)25-11-16(21)17-4-3-14(27-17)10-18(22)20-5-7-24-8-6-20/h3-4,9H,5-8,10-11H2,1-2H3. The van der Waals surface area contributed by atoms with Crippen molar-refractivity contribution in [1.82, 2.24) is 4.90 Å². The molecular weight excluding hydrogens is 386 g/mol. The van der Waals surface area contributed by atoms with Gasteiger partial charge < -0.3 is 14.4 Å². The molecule has 2 aromatic heterocycles. The summed E-state index contributed by atoms with van der Waals surface area (Å²) in [7, 11) is 0. The Labute approximate surface area is 165 Å². The van der Waals surface area contributed by atoms with Gasteiger partial charge in [0, 0.05) is 27.7 Å². The van der Waals surface area contributed by atoms with E-state index in [1.807, 2.05) is 13.8 Å². The highest BCUT2D eigenvalue weighted by Gasteiger charge is 2.20. The second kappa shape index (κ2) is 8.77. The van der Waals surface area contributed by atoms with Crippen LogP contribution < -0.4 is 0 Å². The number of ether oxygens (including phenoxy) is 2. The van der Waals surface area contributed by atoms with Gasteiger partial charge >= 0.3 is 5.97 Å². The monoisotopic (exact) mass is 407 g/mol. The Morgan fingerprint density at radius 2 is 1.89 bits per heavy atom. The summed E-state index contributed by atoms with van der Waals surface area (Å²) in [4.78, 5) is 41.7. The molecule has 144 valence electrons. The van der Waals surface area contributed by atoms with Crippen LogP contribution in [0.5, 0.6) is 0 Å². The summed E-state index contributed by atoms with van der Waals surface area (Å²) in [5.74, 6) is -0.707. The Morgan fingerprint density at radius 3 is 2.56 bits per heavy atom. The van der Waals surface area contributed by atoms with E-state index in [-0.39, 0.29) is 24.7 Å². The molecule has 3 rings (SSSR count). The number of esters is 1. The molecule has 1 aliphatic heterocycles. The zero-order chi connectivity index (χ0) is 19.4. The van der Waals surface area contributed by atoms with Gasteiger partial charge in [0.05, 0.1) is 30.1 Å². The van der Waals surface area contributed by atoms with E-state index in [4.69, 9.17) is 9.47 Å². The van der Waals surface area contributed by atoms with Crippen LogP contribution in [0.4, 0.5) is 0 Å². The number of amides is 1. The van der Waals surface area contributed by atoms with Crippen LogP contribution in [0.3, 0.4) is 0 Å². The number of ketones is 1. The van der Waals surface area contributed by atoms with E-state index >= 15 is 0 Å². The Hall–Kier alpha value is -2.03. The van der Waals surface area contributed by atoms with Crippen molar-refractivity contribution in [2.45, 2.75) is 20.3 Å². The summed E-state index contributed by atoms with van der Waals surface area (Å²) in [5, 5.41) is 0. The Balaban J connectivity index is 1.52. The fourth-order valence-corrected chi connectivity index (χ4v) is 4.64. The Bertz CT molecular complexity index is 848. The molecule has 0 N–H and O–H groups in total. The number of hydrogen-bond donors (Lipinski definition) is 0. The lowest BCUT2D eigenvalue weighted by Crippen LogP contribution is -2.41. The molecule has 0 bridgehead atoms. The van der Waals surface area contributed by atoms with E-state index in [1.165, 1.54) is 22.7 Å². The van der Waals surface area contributed by atoms with Crippen LogP contribution in [0.15, 0.2) is 18.2 Å². The topological polar surface area (TPSA) is 72.9 Å². The van der Waals surface area contributed by atoms with E-state index < -0.39 is 5.97 Å². The number of morpholine rings is 1. The molecule has 6 nitrogen and oxygen atoms in total. The van der Waals surface area contributed by atoms with Crippen molar-refractivity contribution >= 4 is 40.3 Å². The van der Waals surface area contributed by atoms with Gasteiger partial charge in [-0.25, -0.2) is 4.79 Å². The van der Waals surface area contributed by atoms with Gasteiger partial charge in [-0.2, -0.15) is 0 Å². The van der Waals surface area contributed by atoms with Gasteiger partial charge in [-0.15, -0.1) is 22.7 Å². The average molecular weight is 408 g/mol. The summed E-state index contributed by atoms with van der Waals surface area (Å²) >= 11 is 2.79. The SMILES string of the molecule is Cc1cc(C(=O)OCC(=O)c2ccc(CC(=O)N3CCOCC3)s2)c(C)s1. The first-order valence-corrected chi connectivity index (χ1v) is 10.3. The molecule has 8 heteroatoms. The molecule has 0 aliphatic carbocycles. The van der Waals surface area contributed by atoms with Crippen molar-refractivity contribution in [3.05, 3.63) is 43.3 Å². The quantitative estimate of drug-likeness (QED) is 0.544. The lowest BCUT2D eigenvalue weighted by molar-refractivity contribution is -0.134. The largest absolute Gasteiger partial charge is 0.454 e. The smallest absolute Gasteiger partial charge is 0.339 e. The normalized spacial score (nSPS) is 14.2. The zero-order valence-corrected chi connectivity index (χ0v) is 16.9. The van der Waals surface area contributed by atoms with Crippen molar-refractivity contribution in [1.29, 1.82) is 0 Å². The lowest BCUT2D eigenvalue weighted by Gasteiger charge is -2.26. The van der Waals surface area contributed by atoms with Crippen LogP contribution in [0.2, 0.25) is 0 Å². The fourth-order valence-electron chi connectivity index (χ4n) is 2.81. The third kappa shape index (κ3) is 5.03.